The number of rotatable bonds is 2. The Morgan fingerprint density at radius 3 is 2.09 bits per heavy atom. The van der Waals surface area contributed by atoms with E-state index in [9.17, 15) is 4.79 Å². The molecule has 0 amide bonds. The number of fused-ring (bicyclic) bond motifs is 2. The summed E-state index contributed by atoms with van der Waals surface area (Å²) in [5.41, 5.74) is 3.07. The molecule has 0 aliphatic heterocycles. The van der Waals surface area contributed by atoms with Crippen LogP contribution in [-0.2, 0) is 20.1 Å². The van der Waals surface area contributed by atoms with Crippen molar-refractivity contribution >= 4 is 21.7 Å². The maximum Gasteiger partial charge on any atom is 0.268 e. The first-order valence-electron chi connectivity index (χ1n) is 10.5. The molecule has 167 valence electrons. The molecule has 6 rings (SSSR count). The van der Waals surface area contributed by atoms with Crippen LogP contribution in [0.1, 0.15) is 0 Å². The van der Waals surface area contributed by atoms with Crippen molar-refractivity contribution in [1.82, 2.24) is 9.97 Å². The molecule has 34 heavy (non-hydrogen) atoms. The minimum Gasteiger partial charge on any atom is -0.496 e. The fourth-order valence-corrected chi connectivity index (χ4v) is 3.47. The third-order valence-electron chi connectivity index (χ3n) is 5.09. The van der Waals surface area contributed by atoms with Gasteiger partial charge >= 0.3 is 0 Å². The Hall–Kier alpha value is -3.92. The summed E-state index contributed by atoms with van der Waals surface area (Å²) in [5.74, 6) is 0. The van der Waals surface area contributed by atoms with E-state index < -0.39 is 5.63 Å². The van der Waals surface area contributed by atoms with Crippen LogP contribution in [0.25, 0.3) is 44.3 Å². The fourth-order valence-electron chi connectivity index (χ4n) is 3.47. The van der Waals surface area contributed by atoms with Gasteiger partial charge < -0.3 is 9.40 Å². The third-order valence-corrected chi connectivity index (χ3v) is 5.09. The topological polar surface area (TPSA) is 56.0 Å². The summed E-state index contributed by atoms with van der Waals surface area (Å²) in [7, 11) is 0. The van der Waals surface area contributed by atoms with E-state index in [2.05, 4.69) is 40.3 Å². The summed E-state index contributed by atoms with van der Waals surface area (Å²) < 4.78 is 5.22. The average Bonchev–Trinajstić information content (AvgIpc) is 2.89. The Kier molecular flexibility index (Phi) is 7.38. The maximum absolute atomic E-state index is 11.8. The SMILES string of the molecule is O=c1oc2ccccc2[c-]c1-c1ccccn1.[Ir].[c-]1cc2ccccc2cc1-c1ccccn1. The van der Waals surface area contributed by atoms with Gasteiger partial charge in [-0.1, -0.05) is 77.5 Å². The van der Waals surface area contributed by atoms with Gasteiger partial charge in [0, 0.05) is 38.2 Å². The summed E-state index contributed by atoms with van der Waals surface area (Å²) in [6.45, 7) is 0. The first-order chi connectivity index (χ1) is 16.3. The van der Waals surface area contributed by atoms with Crippen LogP contribution in [0.3, 0.4) is 0 Å². The van der Waals surface area contributed by atoms with Gasteiger partial charge in [-0.05, 0) is 23.4 Å². The van der Waals surface area contributed by atoms with Crippen molar-refractivity contribution in [2.45, 2.75) is 0 Å². The minimum atomic E-state index is -0.414. The van der Waals surface area contributed by atoms with E-state index in [0.29, 0.717) is 16.8 Å². The summed E-state index contributed by atoms with van der Waals surface area (Å²) in [6, 6.07) is 37.3. The maximum atomic E-state index is 11.8. The standard InChI is InChI=1S/C15H10N.C14H8NO2.Ir/c1-2-6-13-11-14(9-8-12(13)5-1)15-7-3-4-10-16-15;16-14-11(12-6-3-4-8-15-12)9-10-5-1-2-7-13(10)17-14;/h1-8,10-11H;1-8H;/q2*-1;. The van der Waals surface area contributed by atoms with Gasteiger partial charge in [0.15, 0.2) is 0 Å². The zero-order valence-corrected chi connectivity index (χ0v) is 20.3. The molecule has 3 aromatic heterocycles. The molecular formula is C29H18IrN2O2-2. The Morgan fingerprint density at radius 1 is 0.706 bits per heavy atom. The molecule has 6 aromatic rings. The predicted octanol–water partition coefficient (Wildman–Crippen LogP) is 6.35. The molecule has 1 radical (unpaired) electrons. The predicted molar refractivity (Wildman–Crippen MR) is 131 cm³/mol. The van der Waals surface area contributed by atoms with Gasteiger partial charge in [-0.15, -0.1) is 41.3 Å². The normalized spacial score (nSPS) is 10.2. The van der Waals surface area contributed by atoms with Crippen molar-refractivity contribution in [3.63, 3.8) is 0 Å². The van der Waals surface area contributed by atoms with Gasteiger partial charge in [0.1, 0.15) is 0 Å². The second-order valence-electron chi connectivity index (χ2n) is 7.29. The Morgan fingerprint density at radius 2 is 1.35 bits per heavy atom. The van der Waals surface area contributed by atoms with Crippen LogP contribution in [0.5, 0.6) is 0 Å². The van der Waals surface area contributed by atoms with Crippen LogP contribution >= 0.6 is 0 Å². The number of pyridine rings is 2. The van der Waals surface area contributed by atoms with Crippen molar-refractivity contribution in [1.29, 1.82) is 0 Å². The van der Waals surface area contributed by atoms with Crippen LogP contribution < -0.4 is 5.63 Å². The van der Waals surface area contributed by atoms with Crippen LogP contribution in [-0.4, -0.2) is 9.97 Å². The largest absolute Gasteiger partial charge is 0.496 e. The molecule has 5 heteroatoms. The molecule has 0 bridgehead atoms. The van der Waals surface area contributed by atoms with E-state index in [-0.39, 0.29) is 20.1 Å². The summed E-state index contributed by atoms with van der Waals surface area (Å²) in [4.78, 5) is 20.2. The molecule has 0 fully saturated rings. The van der Waals surface area contributed by atoms with Gasteiger partial charge in [0.25, 0.3) is 5.63 Å². The van der Waals surface area contributed by atoms with Crippen molar-refractivity contribution in [3.8, 4) is 22.5 Å². The number of hydrogen-bond donors (Lipinski definition) is 0. The molecular weight excluding hydrogens is 601 g/mol. The zero-order chi connectivity index (χ0) is 22.5. The van der Waals surface area contributed by atoms with Crippen molar-refractivity contribution in [2.75, 3.05) is 0 Å². The molecule has 0 saturated heterocycles. The van der Waals surface area contributed by atoms with Crippen molar-refractivity contribution in [2.24, 2.45) is 0 Å². The van der Waals surface area contributed by atoms with Gasteiger partial charge in [0.2, 0.25) is 0 Å². The summed E-state index contributed by atoms with van der Waals surface area (Å²) in [5, 5.41) is 3.21. The smallest absolute Gasteiger partial charge is 0.268 e. The second-order valence-corrected chi connectivity index (χ2v) is 7.29. The number of para-hydroxylation sites is 1. The summed E-state index contributed by atoms with van der Waals surface area (Å²) >= 11 is 0. The minimum absolute atomic E-state index is 0. The fraction of sp³-hybridized carbons (Fsp3) is 0. The van der Waals surface area contributed by atoms with Gasteiger partial charge in [0.05, 0.1) is 5.58 Å². The van der Waals surface area contributed by atoms with Crippen LogP contribution in [0.2, 0.25) is 0 Å². The molecule has 0 atom stereocenters. The van der Waals surface area contributed by atoms with Gasteiger partial charge in [-0.3, -0.25) is 9.78 Å². The zero-order valence-electron chi connectivity index (χ0n) is 17.9. The Bertz CT molecular complexity index is 1580. The van der Waals surface area contributed by atoms with Gasteiger partial charge in [-0.2, -0.15) is 0 Å². The molecule has 0 saturated carbocycles. The van der Waals surface area contributed by atoms with Crippen LogP contribution in [0, 0.1) is 12.1 Å². The van der Waals surface area contributed by atoms with Crippen LogP contribution in [0.15, 0.2) is 119 Å². The Labute approximate surface area is 210 Å². The van der Waals surface area contributed by atoms with E-state index in [1.54, 1.807) is 30.6 Å². The number of nitrogens with zero attached hydrogens (tertiary/aromatic N) is 2. The molecule has 3 heterocycles. The summed E-state index contributed by atoms with van der Waals surface area (Å²) in [6.07, 6.45) is 3.44. The number of benzene rings is 3. The molecule has 0 N–H and O–H groups in total. The third kappa shape index (κ3) is 5.17. The van der Waals surface area contributed by atoms with Crippen LogP contribution in [0.4, 0.5) is 0 Å². The molecule has 0 unspecified atom stereocenters. The molecule has 0 spiro atoms. The Balaban J connectivity index is 0.000000157. The number of aromatic nitrogens is 2. The molecule has 3 aromatic carbocycles. The molecule has 0 aliphatic rings. The number of hydrogen-bond acceptors (Lipinski definition) is 4. The average molecular weight is 619 g/mol. The van der Waals surface area contributed by atoms with E-state index in [1.807, 2.05) is 60.7 Å². The first-order valence-corrected chi connectivity index (χ1v) is 10.5. The monoisotopic (exact) mass is 619 g/mol. The van der Waals surface area contributed by atoms with Crippen molar-refractivity contribution < 1.29 is 24.5 Å². The van der Waals surface area contributed by atoms with E-state index in [4.69, 9.17) is 4.42 Å². The van der Waals surface area contributed by atoms with E-state index in [0.717, 1.165) is 16.6 Å². The van der Waals surface area contributed by atoms with E-state index in [1.165, 1.54) is 10.8 Å². The van der Waals surface area contributed by atoms with Gasteiger partial charge in [-0.25, -0.2) is 0 Å². The molecule has 0 aliphatic carbocycles. The van der Waals surface area contributed by atoms with Crippen molar-refractivity contribution in [3.05, 3.63) is 132 Å². The second kappa shape index (κ2) is 10.8. The molecule has 4 nitrogen and oxygen atoms in total. The quantitative estimate of drug-likeness (QED) is 0.168. The first kappa shape index (κ1) is 23.2. The van der Waals surface area contributed by atoms with E-state index >= 15 is 0 Å².